The standard InChI is InChI=1S/C11H12O5/c1-9(15-8-12)16-11(13)14-7-10-5-3-2-4-6-10/h2-6,8-9H,7H2,1H3. The van der Waals surface area contributed by atoms with Gasteiger partial charge < -0.3 is 14.2 Å². The molecule has 0 aliphatic rings. The Labute approximate surface area is 92.9 Å². The maximum absolute atomic E-state index is 11.1. The van der Waals surface area contributed by atoms with Gasteiger partial charge in [-0.05, 0) is 5.56 Å². The molecule has 0 fully saturated rings. The lowest BCUT2D eigenvalue weighted by Gasteiger charge is -2.10. The number of carbonyl (C=O) groups is 2. The molecule has 1 aromatic rings. The highest BCUT2D eigenvalue weighted by Gasteiger charge is 2.10. The largest absolute Gasteiger partial charge is 0.511 e. The third-order valence-corrected chi connectivity index (χ3v) is 1.71. The number of hydrogen-bond acceptors (Lipinski definition) is 5. The molecule has 0 saturated carbocycles. The third-order valence-electron chi connectivity index (χ3n) is 1.71. The molecule has 0 N–H and O–H groups in total. The van der Waals surface area contributed by atoms with Crippen LogP contribution in [0.15, 0.2) is 30.3 Å². The van der Waals surface area contributed by atoms with Gasteiger partial charge in [0.1, 0.15) is 6.61 Å². The van der Waals surface area contributed by atoms with Crippen LogP contribution < -0.4 is 0 Å². The van der Waals surface area contributed by atoms with Crippen LogP contribution in [0.1, 0.15) is 12.5 Å². The zero-order valence-electron chi connectivity index (χ0n) is 8.79. The fourth-order valence-electron chi connectivity index (χ4n) is 0.992. The zero-order valence-corrected chi connectivity index (χ0v) is 8.79. The second-order valence-corrected chi connectivity index (χ2v) is 2.94. The molecule has 16 heavy (non-hydrogen) atoms. The molecule has 86 valence electrons. The van der Waals surface area contributed by atoms with Crippen molar-refractivity contribution in [3.63, 3.8) is 0 Å². The summed E-state index contributed by atoms with van der Waals surface area (Å²) in [7, 11) is 0. The van der Waals surface area contributed by atoms with Crippen molar-refractivity contribution in [2.45, 2.75) is 19.8 Å². The van der Waals surface area contributed by atoms with Crippen molar-refractivity contribution in [3.8, 4) is 0 Å². The summed E-state index contributed by atoms with van der Waals surface area (Å²) >= 11 is 0. The number of benzene rings is 1. The van der Waals surface area contributed by atoms with Gasteiger partial charge in [-0.15, -0.1) is 0 Å². The Bertz CT molecular complexity index is 335. The van der Waals surface area contributed by atoms with Gasteiger partial charge in [-0.2, -0.15) is 0 Å². The quantitative estimate of drug-likeness (QED) is 0.434. The summed E-state index contributed by atoms with van der Waals surface area (Å²) in [5.41, 5.74) is 0.850. The minimum Gasteiger partial charge on any atom is -0.429 e. The van der Waals surface area contributed by atoms with E-state index in [1.54, 1.807) is 0 Å². The molecule has 1 unspecified atom stereocenters. The van der Waals surface area contributed by atoms with Crippen LogP contribution in [0.5, 0.6) is 0 Å². The highest BCUT2D eigenvalue weighted by Crippen LogP contribution is 2.02. The van der Waals surface area contributed by atoms with E-state index in [9.17, 15) is 9.59 Å². The van der Waals surface area contributed by atoms with Crippen LogP contribution in [0, 0.1) is 0 Å². The summed E-state index contributed by atoms with van der Waals surface area (Å²) in [6, 6.07) is 9.17. The molecule has 5 heteroatoms. The Kier molecular flexibility index (Phi) is 4.85. The van der Waals surface area contributed by atoms with E-state index in [4.69, 9.17) is 4.74 Å². The van der Waals surface area contributed by atoms with Gasteiger partial charge in [0.05, 0.1) is 0 Å². The molecule has 0 spiro atoms. The van der Waals surface area contributed by atoms with E-state index in [2.05, 4.69) is 9.47 Å². The SMILES string of the molecule is CC(OC=O)OC(=O)OCc1ccccc1. The second kappa shape index (κ2) is 6.44. The van der Waals surface area contributed by atoms with Crippen LogP contribution in [-0.4, -0.2) is 18.9 Å². The first-order valence-corrected chi connectivity index (χ1v) is 4.69. The molecule has 0 amide bonds. The normalized spacial score (nSPS) is 11.3. The summed E-state index contributed by atoms with van der Waals surface area (Å²) in [4.78, 5) is 21.0. The van der Waals surface area contributed by atoms with E-state index >= 15 is 0 Å². The van der Waals surface area contributed by atoms with Crippen molar-refractivity contribution in [2.24, 2.45) is 0 Å². The fraction of sp³-hybridized carbons (Fsp3) is 0.273. The van der Waals surface area contributed by atoms with Crippen LogP contribution in [0.4, 0.5) is 4.79 Å². The average Bonchev–Trinajstić information content (AvgIpc) is 2.28. The van der Waals surface area contributed by atoms with E-state index in [0.29, 0.717) is 0 Å². The van der Waals surface area contributed by atoms with Crippen LogP contribution in [0.3, 0.4) is 0 Å². The lowest BCUT2D eigenvalue weighted by Crippen LogP contribution is -2.18. The minimum absolute atomic E-state index is 0.119. The van der Waals surface area contributed by atoms with Crippen molar-refractivity contribution < 1.29 is 23.8 Å². The molecule has 0 aliphatic heterocycles. The lowest BCUT2D eigenvalue weighted by atomic mass is 10.2. The van der Waals surface area contributed by atoms with Gasteiger partial charge >= 0.3 is 6.16 Å². The molecule has 0 radical (unpaired) electrons. The maximum Gasteiger partial charge on any atom is 0.511 e. The van der Waals surface area contributed by atoms with E-state index in [1.165, 1.54) is 6.92 Å². The Balaban J connectivity index is 2.28. The molecule has 5 nitrogen and oxygen atoms in total. The first-order chi connectivity index (χ1) is 7.72. The molecule has 0 bridgehead atoms. The summed E-state index contributed by atoms with van der Waals surface area (Å²) in [5.74, 6) is 0. The Morgan fingerprint density at radius 1 is 1.38 bits per heavy atom. The molecule has 0 heterocycles. The van der Waals surface area contributed by atoms with E-state index in [1.807, 2.05) is 30.3 Å². The van der Waals surface area contributed by atoms with Gasteiger partial charge in [-0.1, -0.05) is 30.3 Å². The smallest absolute Gasteiger partial charge is 0.429 e. The van der Waals surface area contributed by atoms with Crippen molar-refractivity contribution in [2.75, 3.05) is 0 Å². The number of hydrogen-bond donors (Lipinski definition) is 0. The summed E-state index contributed by atoms with van der Waals surface area (Å²) in [6.07, 6.45) is -1.82. The fourth-order valence-corrected chi connectivity index (χ4v) is 0.992. The molecular formula is C11H12O5. The molecular weight excluding hydrogens is 212 g/mol. The van der Waals surface area contributed by atoms with Crippen molar-refractivity contribution >= 4 is 12.6 Å². The van der Waals surface area contributed by atoms with Gasteiger partial charge in [0.2, 0.25) is 6.29 Å². The number of rotatable bonds is 5. The van der Waals surface area contributed by atoms with E-state index in [0.717, 1.165) is 5.56 Å². The predicted octanol–water partition coefficient (Wildman–Crippen LogP) is 1.86. The first kappa shape index (κ1) is 12.0. The Morgan fingerprint density at radius 2 is 2.06 bits per heavy atom. The monoisotopic (exact) mass is 224 g/mol. The van der Waals surface area contributed by atoms with Crippen LogP contribution in [-0.2, 0) is 25.6 Å². The van der Waals surface area contributed by atoms with Gasteiger partial charge in [0, 0.05) is 6.92 Å². The van der Waals surface area contributed by atoms with Gasteiger partial charge in [0.15, 0.2) is 0 Å². The number of ether oxygens (including phenoxy) is 3. The molecule has 0 saturated heterocycles. The zero-order chi connectivity index (χ0) is 11.8. The summed E-state index contributed by atoms with van der Waals surface area (Å²) in [5, 5.41) is 0. The summed E-state index contributed by atoms with van der Waals surface area (Å²) < 4.78 is 13.7. The lowest BCUT2D eigenvalue weighted by molar-refractivity contribution is -0.152. The number of carbonyl (C=O) groups excluding carboxylic acids is 2. The molecule has 1 rings (SSSR count). The Hall–Kier alpha value is -2.04. The molecule has 1 aromatic carbocycles. The highest BCUT2D eigenvalue weighted by molar-refractivity contribution is 5.60. The molecule has 1 atom stereocenters. The maximum atomic E-state index is 11.1. The minimum atomic E-state index is -0.944. The first-order valence-electron chi connectivity index (χ1n) is 4.69. The average molecular weight is 224 g/mol. The predicted molar refractivity (Wildman–Crippen MR) is 54.3 cm³/mol. The highest BCUT2D eigenvalue weighted by atomic mass is 16.8. The van der Waals surface area contributed by atoms with Gasteiger partial charge in [0.25, 0.3) is 6.47 Å². The van der Waals surface area contributed by atoms with Crippen molar-refractivity contribution in [3.05, 3.63) is 35.9 Å². The molecule has 0 aliphatic carbocycles. The van der Waals surface area contributed by atoms with Crippen LogP contribution in [0.25, 0.3) is 0 Å². The molecule has 0 aromatic heterocycles. The van der Waals surface area contributed by atoms with Crippen molar-refractivity contribution in [1.29, 1.82) is 0 Å². The van der Waals surface area contributed by atoms with Gasteiger partial charge in [-0.25, -0.2) is 4.79 Å². The van der Waals surface area contributed by atoms with Crippen LogP contribution in [0.2, 0.25) is 0 Å². The summed E-state index contributed by atoms with van der Waals surface area (Å²) in [6.45, 7) is 1.74. The van der Waals surface area contributed by atoms with E-state index in [-0.39, 0.29) is 13.1 Å². The van der Waals surface area contributed by atoms with Crippen LogP contribution >= 0.6 is 0 Å². The third kappa shape index (κ3) is 4.45. The van der Waals surface area contributed by atoms with Crippen molar-refractivity contribution in [1.82, 2.24) is 0 Å². The Morgan fingerprint density at radius 3 is 2.69 bits per heavy atom. The topological polar surface area (TPSA) is 61.8 Å². The second-order valence-electron chi connectivity index (χ2n) is 2.94. The van der Waals surface area contributed by atoms with E-state index < -0.39 is 12.4 Å². The van der Waals surface area contributed by atoms with Gasteiger partial charge in [-0.3, -0.25) is 4.79 Å².